The van der Waals surface area contributed by atoms with E-state index in [1.807, 2.05) is 11.4 Å². The van der Waals surface area contributed by atoms with Crippen molar-refractivity contribution in [2.75, 3.05) is 12.5 Å². The highest BCUT2D eigenvalue weighted by Crippen LogP contribution is 2.31. The molecule has 2 heterocycles. The molecule has 1 fully saturated rings. The lowest BCUT2D eigenvalue weighted by molar-refractivity contribution is -0.0567. The van der Waals surface area contributed by atoms with Gasteiger partial charge in [0.05, 0.1) is 18.6 Å². The van der Waals surface area contributed by atoms with Crippen molar-refractivity contribution in [3.05, 3.63) is 21.9 Å². The summed E-state index contributed by atoms with van der Waals surface area (Å²) in [5.74, 6) is 0.500. The molecule has 0 saturated carbocycles. The van der Waals surface area contributed by atoms with E-state index in [1.54, 1.807) is 11.3 Å². The maximum absolute atomic E-state index is 5.67. The van der Waals surface area contributed by atoms with Crippen LogP contribution in [0, 0.1) is 6.92 Å². The second-order valence-corrected chi connectivity index (χ2v) is 4.44. The minimum absolute atomic E-state index is 0.0472. The summed E-state index contributed by atoms with van der Waals surface area (Å²) in [6.07, 6.45) is -0.152. The number of rotatable bonds is 2. The van der Waals surface area contributed by atoms with Gasteiger partial charge < -0.3 is 9.47 Å². The van der Waals surface area contributed by atoms with Crippen LogP contribution >= 0.6 is 22.9 Å². The molecule has 0 aliphatic carbocycles. The maximum atomic E-state index is 5.67. The lowest BCUT2D eigenvalue weighted by Crippen LogP contribution is -2.10. The van der Waals surface area contributed by atoms with Crippen LogP contribution in [0.15, 0.2) is 11.4 Å². The van der Waals surface area contributed by atoms with Gasteiger partial charge in [-0.25, -0.2) is 0 Å². The largest absolute Gasteiger partial charge is 0.346 e. The Balaban J connectivity index is 2.08. The molecular weight excluding hydrogens is 208 g/mol. The number of alkyl halides is 1. The van der Waals surface area contributed by atoms with Crippen LogP contribution in [0.4, 0.5) is 0 Å². The zero-order chi connectivity index (χ0) is 9.26. The first-order chi connectivity index (χ1) is 6.31. The van der Waals surface area contributed by atoms with E-state index in [4.69, 9.17) is 21.1 Å². The van der Waals surface area contributed by atoms with E-state index in [2.05, 4.69) is 6.92 Å². The second-order valence-electron chi connectivity index (χ2n) is 3.01. The number of thiophene rings is 1. The molecule has 1 saturated heterocycles. The summed E-state index contributed by atoms with van der Waals surface area (Å²) in [5.41, 5.74) is 1.14. The Hall–Kier alpha value is -0.0900. The lowest BCUT2D eigenvalue weighted by Gasteiger charge is -2.09. The first kappa shape index (κ1) is 9.46. The normalized spacial score (nSPS) is 28.2. The average Bonchev–Trinajstić information content (AvgIpc) is 2.71. The van der Waals surface area contributed by atoms with E-state index in [-0.39, 0.29) is 12.4 Å². The van der Waals surface area contributed by atoms with Crippen molar-refractivity contribution in [1.82, 2.24) is 0 Å². The van der Waals surface area contributed by atoms with Crippen molar-refractivity contribution in [1.29, 1.82) is 0 Å². The molecule has 2 nitrogen and oxygen atoms in total. The van der Waals surface area contributed by atoms with E-state index in [9.17, 15) is 0 Å². The topological polar surface area (TPSA) is 18.5 Å². The Morgan fingerprint density at radius 1 is 1.69 bits per heavy atom. The van der Waals surface area contributed by atoms with E-state index in [1.165, 1.54) is 4.88 Å². The van der Waals surface area contributed by atoms with Gasteiger partial charge in [0.2, 0.25) is 0 Å². The van der Waals surface area contributed by atoms with Crippen LogP contribution in [0.3, 0.4) is 0 Å². The molecule has 2 atom stereocenters. The number of ether oxygens (including phenoxy) is 2. The van der Waals surface area contributed by atoms with Crippen molar-refractivity contribution in [3.63, 3.8) is 0 Å². The molecule has 1 aromatic heterocycles. The number of hydrogen-bond acceptors (Lipinski definition) is 3. The van der Waals surface area contributed by atoms with Gasteiger partial charge in [0.15, 0.2) is 6.29 Å². The summed E-state index contributed by atoms with van der Waals surface area (Å²) < 4.78 is 11.1. The summed E-state index contributed by atoms with van der Waals surface area (Å²) in [7, 11) is 0. The highest BCUT2D eigenvalue weighted by Gasteiger charge is 2.27. The molecule has 0 spiro atoms. The summed E-state index contributed by atoms with van der Waals surface area (Å²) in [6, 6.07) is 2.04. The molecule has 1 aromatic rings. The predicted octanol–water partition coefficient (Wildman–Crippen LogP) is 2.71. The Morgan fingerprint density at radius 2 is 2.54 bits per heavy atom. The smallest absolute Gasteiger partial charge is 0.185 e. The minimum Gasteiger partial charge on any atom is -0.346 e. The fourth-order valence-electron chi connectivity index (χ4n) is 1.33. The van der Waals surface area contributed by atoms with Crippen molar-refractivity contribution in [2.45, 2.75) is 19.3 Å². The summed E-state index contributed by atoms with van der Waals surface area (Å²) >= 11 is 7.38. The highest BCUT2D eigenvalue weighted by molar-refractivity contribution is 7.10. The molecule has 0 amide bonds. The lowest BCUT2D eigenvalue weighted by atomic mass is 10.2. The third kappa shape index (κ3) is 1.89. The van der Waals surface area contributed by atoms with Crippen LogP contribution in [-0.4, -0.2) is 18.6 Å². The standard InChI is InChI=1S/C9H11ClO2S/c1-6-8(2-3-13-6)9-11-5-7(4-10)12-9/h2-3,7,9H,4-5H2,1H3. The Bertz CT molecular complexity index is 287. The van der Waals surface area contributed by atoms with Gasteiger partial charge in [-0.3, -0.25) is 0 Å². The highest BCUT2D eigenvalue weighted by atomic mass is 35.5. The molecule has 0 bridgehead atoms. The molecule has 1 aliphatic rings. The molecule has 13 heavy (non-hydrogen) atoms. The maximum Gasteiger partial charge on any atom is 0.185 e. The third-order valence-corrected chi connectivity index (χ3v) is 3.28. The SMILES string of the molecule is Cc1sccc1C1OCC(CCl)O1. The van der Waals surface area contributed by atoms with Crippen LogP contribution < -0.4 is 0 Å². The van der Waals surface area contributed by atoms with Crippen molar-refractivity contribution in [2.24, 2.45) is 0 Å². The van der Waals surface area contributed by atoms with Gasteiger partial charge in [0, 0.05) is 10.4 Å². The molecule has 72 valence electrons. The average molecular weight is 219 g/mol. The quantitative estimate of drug-likeness (QED) is 0.711. The molecule has 0 N–H and O–H groups in total. The van der Waals surface area contributed by atoms with Crippen molar-refractivity contribution < 1.29 is 9.47 Å². The van der Waals surface area contributed by atoms with E-state index in [0.29, 0.717) is 12.5 Å². The van der Waals surface area contributed by atoms with E-state index < -0.39 is 0 Å². The Labute approximate surface area is 86.4 Å². The van der Waals surface area contributed by atoms with Gasteiger partial charge in [-0.2, -0.15) is 0 Å². The molecule has 2 unspecified atom stereocenters. The van der Waals surface area contributed by atoms with Crippen LogP contribution in [0.1, 0.15) is 16.7 Å². The zero-order valence-electron chi connectivity index (χ0n) is 7.33. The van der Waals surface area contributed by atoms with Crippen LogP contribution in [-0.2, 0) is 9.47 Å². The van der Waals surface area contributed by atoms with Gasteiger partial charge in [0.1, 0.15) is 0 Å². The molecule has 2 rings (SSSR count). The Morgan fingerprint density at radius 3 is 3.08 bits per heavy atom. The van der Waals surface area contributed by atoms with Gasteiger partial charge in [0.25, 0.3) is 0 Å². The number of halogens is 1. The first-order valence-electron chi connectivity index (χ1n) is 4.18. The fraction of sp³-hybridized carbons (Fsp3) is 0.556. The molecule has 4 heteroatoms. The predicted molar refractivity (Wildman–Crippen MR) is 53.3 cm³/mol. The van der Waals surface area contributed by atoms with Gasteiger partial charge in [-0.1, -0.05) is 0 Å². The first-order valence-corrected chi connectivity index (χ1v) is 5.59. The summed E-state index contributed by atoms with van der Waals surface area (Å²) in [4.78, 5) is 1.25. The summed E-state index contributed by atoms with van der Waals surface area (Å²) in [5, 5.41) is 2.05. The molecule has 0 radical (unpaired) electrons. The zero-order valence-corrected chi connectivity index (χ0v) is 8.90. The number of aryl methyl sites for hydroxylation is 1. The molecule has 1 aliphatic heterocycles. The van der Waals surface area contributed by atoms with Gasteiger partial charge in [-0.05, 0) is 18.4 Å². The third-order valence-electron chi connectivity index (χ3n) is 2.07. The van der Waals surface area contributed by atoms with Crippen LogP contribution in [0.2, 0.25) is 0 Å². The minimum atomic E-state index is -0.199. The van der Waals surface area contributed by atoms with Crippen LogP contribution in [0.25, 0.3) is 0 Å². The van der Waals surface area contributed by atoms with Gasteiger partial charge in [-0.15, -0.1) is 22.9 Å². The van der Waals surface area contributed by atoms with Crippen LogP contribution in [0.5, 0.6) is 0 Å². The monoisotopic (exact) mass is 218 g/mol. The van der Waals surface area contributed by atoms with Gasteiger partial charge >= 0.3 is 0 Å². The van der Waals surface area contributed by atoms with Crippen molar-refractivity contribution >= 4 is 22.9 Å². The number of hydrogen-bond donors (Lipinski definition) is 0. The second kappa shape index (κ2) is 3.96. The summed E-state index contributed by atoms with van der Waals surface area (Å²) in [6.45, 7) is 2.67. The van der Waals surface area contributed by atoms with E-state index >= 15 is 0 Å². The molecule has 0 aromatic carbocycles. The Kier molecular flexibility index (Phi) is 2.89. The van der Waals surface area contributed by atoms with Crippen molar-refractivity contribution in [3.8, 4) is 0 Å². The fourth-order valence-corrected chi connectivity index (χ4v) is 2.21. The van der Waals surface area contributed by atoms with E-state index in [0.717, 1.165) is 5.56 Å². The molecular formula is C9H11ClO2S.